The molecular formula is C9H14N. The molecule has 0 bridgehead atoms. The second-order valence-corrected chi connectivity index (χ2v) is 2.96. The van der Waals surface area contributed by atoms with Gasteiger partial charge in [0.25, 0.3) is 0 Å². The van der Waals surface area contributed by atoms with E-state index in [0.717, 1.165) is 12.8 Å². The Bertz CT molecular complexity index is 115. The van der Waals surface area contributed by atoms with Gasteiger partial charge in [-0.15, -0.1) is 0 Å². The Kier molecular flexibility index (Phi) is 3.29. The first-order chi connectivity index (χ1) is 4.93. The molecule has 1 radical (unpaired) electrons. The van der Waals surface area contributed by atoms with Crippen molar-refractivity contribution in [2.75, 3.05) is 0 Å². The number of rotatable bonds is 0. The van der Waals surface area contributed by atoms with Crippen molar-refractivity contribution >= 4 is 0 Å². The zero-order valence-corrected chi connectivity index (χ0v) is 6.34. The Balaban J connectivity index is 2.24. The van der Waals surface area contributed by atoms with E-state index in [1.165, 1.54) is 25.7 Å². The van der Waals surface area contributed by atoms with Gasteiger partial charge in [0, 0.05) is 5.92 Å². The summed E-state index contributed by atoms with van der Waals surface area (Å²) in [7, 11) is 0. The van der Waals surface area contributed by atoms with Gasteiger partial charge in [-0.25, -0.2) is 0 Å². The average molecular weight is 136 g/mol. The molecule has 0 aromatic heterocycles. The highest BCUT2D eigenvalue weighted by Gasteiger charge is 2.09. The topological polar surface area (TPSA) is 23.8 Å². The zero-order valence-electron chi connectivity index (χ0n) is 6.34. The first-order valence-electron chi connectivity index (χ1n) is 4.16. The van der Waals surface area contributed by atoms with E-state index in [1.54, 1.807) is 0 Å². The van der Waals surface area contributed by atoms with Gasteiger partial charge < -0.3 is 0 Å². The third kappa shape index (κ3) is 2.39. The highest BCUT2D eigenvalue weighted by atomic mass is 14.3. The van der Waals surface area contributed by atoms with Gasteiger partial charge in [-0.2, -0.15) is 5.26 Å². The van der Waals surface area contributed by atoms with Crippen molar-refractivity contribution in [1.82, 2.24) is 0 Å². The average Bonchev–Trinajstić information content (AvgIpc) is 1.87. The van der Waals surface area contributed by atoms with E-state index in [0.29, 0.717) is 0 Å². The van der Waals surface area contributed by atoms with Crippen LogP contribution >= 0.6 is 0 Å². The van der Waals surface area contributed by atoms with Crippen LogP contribution in [0.3, 0.4) is 0 Å². The standard InChI is InChI=1S/C9H14N/c10-8-9-6-4-2-1-3-5-7-9/h6,9H,1-5,7H2. The molecule has 55 valence electrons. The summed E-state index contributed by atoms with van der Waals surface area (Å²) in [6.07, 6.45) is 9.64. The smallest absolute Gasteiger partial charge is 0.0658 e. The molecule has 1 atom stereocenters. The van der Waals surface area contributed by atoms with Crippen LogP contribution < -0.4 is 0 Å². The molecule has 0 heterocycles. The van der Waals surface area contributed by atoms with Gasteiger partial charge in [-0.05, 0) is 19.3 Å². The molecule has 0 saturated heterocycles. The Morgan fingerprint density at radius 3 is 2.80 bits per heavy atom. The molecule has 1 heteroatoms. The Hall–Kier alpha value is -0.510. The molecule has 0 spiro atoms. The molecular weight excluding hydrogens is 122 g/mol. The van der Waals surface area contributed by atoms with Crippen LogP contribution in [0.1, 0.15) is 38.5 Å². The monoisotopic (exact) mass is 136 g/mol. The molecule has 1 rings (SSSR count). The van der Waals surface area contributed by atoms with Crippen LogP contribution in [0.15, 0.2) is 0 Å². The Labute approximate surface area is 63.0 Å². The first kappa shape index (κ1) is 7.60. The minimum atomic E-state index is 0.250. The fourth-order valence-electron chi connectivity index (χ4n) is 1.42. The molecule has 10 heavy (non-hydrogen) atoms. The second kappa shape index (κ2) is 4.33. The third-order valence-electron chi connectivity index (χ3n) is 2.09. The molecule has 0 aromatic rings. The van der Waals surface area contributed by atoms with Crippen molar-refractivity contribution in [2.24, 2.45) is 5.92 Å². The predicted molar refractivity (Wildman–Crippen MR) is 41.1 cm³/mol. The molecule has 1 saturated carbocycles. The summed E-state index contributed by atoms with van der Waals surface area (Å²) in [6.45, 7) is 0. The molecule has 1 fully saturated rings. The van der Waals surface area contributed by atoms with Crippen LogP contribution in [0.2, 0.25) is 0 Å². The first-order valence-corrected chi connectivity index (χ1v) is 4.16. The molecule has 0 aliphatic heterocycles. The van der Waals surface area contributed by atoms with Crippen molar-refractivity contribution in [2.45, 2.75) is 38.5 Å². The Morgan fingerprint density at radius 2 is 2.00 bits per heavy atom. The van der Waals surface area contributed by atoms with E-state index in [1.807, 2.05) is 0 Å². The Morgan fingerprint density at radius 1 is 1.20 bits per heavy atom. The minimum absolute atomic E-state index is 0.250. The van der Waals surface area contributed by atoms with Gasteiger partial charge in [0.1, 0.15) is 0 Å². The van der Waals surface area contributed by atoms with Gasteiger partial charge >= 0.3 is 0 Å². The second-order valence-electron chi connectivity index (χ2n) is 2.96. The lowest BCUT2D eigenvalue weighted by Crippen LogP contribution is -2.00. The van der Waals surface area contributed by atoms with E-state index in [4.69, 9.17) is 5.26 Å². The molecule has 1 unspecified atom stereocenters. The number of hydrogen-bond donors (Lipinski definition) is 0. The lowest BCUT2D eigenvalue weighted by molar-refractivity contribution is 0.514. The molecule has 0 aromatic carbocycles. The fourth-order valence-corrected chi connectivity index (χ4v) is 1.42. The van der Waals surface area contributed by atoms with Crippen LogP contribution in [-0.2, 0) is 0 Å². The van der Waals surface area contributed by atoms with Crippen molar-refractivity contribution in [1.29, 1.82) is 5.26 Å². The van der Waals surface area contributed by atoms with Crippen molar-refractivity contribution in [3.05, 3.63) is 6.42 Å². The largest absolute Gasteiger partial charge is 0.198 e. The molecule has 1 aliphatic rings. The number of nitriles is 1. The van der Waals surface area contributed by atoms with E-state index in [2.05, 4.69) is 12.5 Å². The summed E-state index contributed by atoms with van der Waals surface area (Å²) in [5, 5.41) is 8.63. The minimum Gasteiger partial charge on any atom is -0.198 e. The lowest BCUT2D eigenvalue weighted by Gasteiger charge is -2.11. The molecule has 0 N–H and O–H groups in total. The van der Waals surface area contributed by atoms with Crippen molar-refractivity contribution < 1.29 is 0 Å². The number of hydrogen-bond acceptors (Lipinski definition) is 1. The summed E-state index contributed by atoms with van der Waals surface area (Å²) >= 11 is 0. The van der Waals surface area contributed by atoms with Gasteiger partial charge in [0.05, 0.1) is 6.07 Å². The van der Waals surface area contributed by atoms with E-state index >= 15 is 0 Å². The van der Waals surface area contributed by atoms with E-state index < -0.39 is 0 Å². The van der Waals surface area contributed by atoms with E-state index in [9.17, 15) is 0 Å². The third-order valence-corrected chi connectivity index (χ3v) is 2.09. The van der Waals surface area contributed by atoms with Gasteiger partial charge in [-0.1, -0.05) is 25.7 Å². The maximum absolute atomic E-state index is 8.63. The summed E-state index contributed by atoms with van der Waals surface area (Å²) < 4.78 is 0. The summed E-state index contributed by atoms with van der Waals surface area (Å²) in [6, 6.07) is 2.32. The molecule has 1 nitrogen and oxygen atoms in total. The van der Waals surface area contributed by atoms with Crippen LogP contribution in [0.5, 0.6) is 0 Å². The molecule has 0 amide bonds. The summed E-state index contributed by atoms with van der Waals surface area (Å²) in [5.41, 5.74) is 0. The van der Waals surface area contributed by atoms with Crippen LogP contribution in [0.25, 0.3) is 0 Å². The highest BCUT2D eigenvalue weighted by molar-refractivity contribution is 4.93. The SMILES string of the molecule is N#CC1[CH]CCCCCC1. The normalized spacial score (nSPS) is 22.7. The quantitative estimate of drug-likeness (QED) is 0.502. The fraction of sp³-hybridized carbons (Fsp3) is 0.778. The highest BCUT2D eigenvalue weighted by Crippen LogP contribution is 2.20. The van der Waals surface area contributed by atoms with Crippen LogP contribution in [-0.4, -0.2) is 0 Å². The van der Waals surface area contributed by atoms with Crippen LogP contribution in [0, 0.1) is 23.7 Å². The van der Waals surface area contributed by atoms with Crippen molar-refractivity contribution in [3.63, 3.8) is 0 Å². The van der Waals surface area contributed by atoms with Crippen LogP contribution in [0.4, 0.5) is 0 Å². The number of nitrogens with zero attached hydrogens (tertiary/aromatic N) is 1. The maximum Gasteiger partial charge on any atom is 0.0658 e. The predicted octanol–water partition coefficient (Wildman–Crippen LogP) is 2.68. The summed E-state index contributed by atoms with van der Waals surface area (Å²) in [5.74, 6) is 0.250. The lowest BCUT2D eigenvalue weighted by atomic mass is 9.92. The molecule has 1 aliphatic carbocycles. The maximum atomic E-state index is 8.63. The summed E-state index contributed by atoms with van der Waals surface area (Å²) in [4.78, 5) is 0. The zero-order chi connectivity index (χ0) is 7.23. The van der Waals surface area contributed by atoms with E-state index in [-0.39, 0.29) is 5.92 Å². The van der Waals surface area contributed by atoms with Gasteiger partial charge in [-0.3, -0.25) is 0 Å². The van der Waals surface area contributed by atoms with Crippen molar-refractivity contribution in [3.8, 4) is 6.07 Å². The van der Waals surface area contributed by atoms with Gasteiger partial charge in [0.15, 0.2) is 0 Å². The van der Waals surface area contributed by atoms with Gasteiger partial charge in [0.2, 0.25) is 0 Å².